The first-order valence-corrected chi connectivity index (χ1v) is 8.33. The van der Waals surface area contributed by atoms with E-state index in [1.165, 1.54) is 15.5 Å². The number of rotatable bonds is 3. The predicted octanol–water partition coefficient (Wildman–Crippen LogP) is 2.06. The summed E-state index contributed by atoms with van der Waals surface area (Å²) in [6.45, 7) is 4.56. The van der Waals surface area contributed by atoms with Gasteiger partial charge in [-0.1, -0.05) is 18.6 Å². The zero-order chi connectivity index (χ0) is 16.8. The first kappa shape index (κ1) is 14.9. The Morgan fingerprint density at radius 3 is 2.67 bits per heavy atom. The van der Waals surface area contributed by atoms with Gasteiger partial charge in [-0.3, -0.25) is 9.36 Å². The smallest absolute Gasteiger partial charge is 0.279 e. The molecule has 6 nitrogen and oxygen atoms in total. The number of aromatic nitrogens is 4. The molecule has 4 rings (SSSR count). The van der Waals surface area contributed by atoms with Gasteiger partial charge < -0.3 is 0 Å². The lowest BCUT2D eigenvalue weighted by atomic mass is 9.86. The third-order valence-electron chi connectivity index (χ3n) is 4.93. The van der Waals surface area contributed by atoms with Crippen molar-refractivity contribution in [3.63, 3.8) is 0 Å². The molecule has 2 aromatic heterocycles. The second-order valence-corrected chi connectivity index (χ2v) is 6.72. The van der Waals surface area contributed by atoms with Crippen molar-refractivity contribution in [2.45, 2.75) is 39.7 Å². The van der Waals surface area contributed by atoms with E-state index in [-0.39, 0.29) is 16.9 Å². The summed E-state index contributed by atoms with van der Waals surface area (Å²) in [6, 6.07) is 5.97. The first-order chi connectivity index (χ1) is 11.5. The number of benzene rings is 1. The summed E-state index contributed by atoms with van der Waals surface area (Å²) in [5, 5.41) is 4.31. The van der Waals surface area contributed by atoms with Gasteiger partial charge >= 0.3 is 11.2 Å². The normalized spacial score (nSPS) is 14.9. The largest absolute Gasteiger partial charge is 0.350 e. The highest BCUT2D eigenvalue weighted by Gasteiger charge is 2.21. The SMILES string of the molecule is Cc1ccc(C)c(-n2ccn3c(=O)n(CC4CCC4)nc3c2=O)c1. The number of hydrogen-bond acceptors (Lipinski definition) is 3. The maximum atomic E-state index is 12.9. The summed E-state index contributed by atoms with van der Waals surface area (Å²) < 4.78 is 4.36. The van der Waals surface area contributed by atoms with Crippen molar-refractivity contribution >= 4 is 5.65 Å². The van der Waals surface area contributed by atoms with Gasteiger partial charge in [-0.25, -0.2) is 13.9 Å². The highest BCUT2D eigenvalue weighted by molar-refractivity contribution is 5.46. The third-order valence-corrected chi connectivity index (χ3v) is 4.93. The zero-order valence-electron chi connectivity index (χ0n) is 13.9. The van der Waals surface area contributed by atoms with Gasteiger partial charge in [0.05, 0.1) is 5.69 Å². The number of aryl methyl sites for hydroxylation is 2. The fourth-order valence-electron chi connectivity index (χ4n) is 3.22. The summed E-state index contributed by atoms with van der Waals surface area (Å²) >= 11 is 0. The molecule has 0 radical (unpaired) electrons. The fourth-order valence-corrected chi connectivity index (χ4v) is 3.22. The van der Waals surface area contributed by atoms with Crippen LogP contribution in [-0.2, 0) is 6.54 Å². The van der Waals surface area contributed by atoms with E-state index in [0.717, 1.165) is 29.7 Å². The second-order valence-electron chi connectivity index (χ2n) is 6.72. The molecular weight excluding hydrogens is 304 g/mol. The van der Waals surface area contributed by atoms with Crippen LogP contribution in [0.15, 0.2) is 40.2 Å². The van der Waals surface area contributed by atoms with Crippen molar-refractivity contribution in [1.29, 1.82) is 0 Å². The Morgan fingerprint density at radius 1 is 1.17 bits per heavy atom. The van der Waals surface area contributed by atoms with E-state index in [2.05, 4.69) is 5.10 Å². The average molecular weight is 324 g/mol. The van der Waals surface area contributed by atoms with Gasteiger partial charge in [-0.05, 0) is 49.8 Å². The van der Waals surface area contributed by atoms with E-state index in [1.54, 1.807) is 17.0 Å². The lowest BCUT2D eigenvalue weighted by molar-refractivity contribution is 0.263. The van der Waals surface area contributed by atoms with Crippen LogP contribution in [0.5, 0.6) is 0 Å². The van der Waals surface area contributed by atoms with Crippen molar-refractivity contribution in [1.82, 2.24) is 18.7 Å². The molecule has 0 saturated heterocycles. The van der Waals surface area contributed by atoms with E-state index in [9.17, 15) is 9.59 Å². The molecule has 1 aromatic carbocycles. The van der Waals surface area contributed by atoms with Crippen molar-refractivity contribution in [2.75, 3.05) is 0 Å². The van der Waals surface area contributed by atoms with Crippen LogP contribution in [-0.4, -0.2) is 18.7 Å². The van der Waals surface area contributed by atoms with Crippen molar-refractivity contribution in [3.05, 3.63) is 62.6 Å². The molecule has 24 heavy (non-hydrogen) atoms. The molecule has 6 heteroatoms. The maximum absolute atomic E-state index is 12.9. The lowest BCUT2D eigenvalue weighted by Crippen LogP contribution is -2.28. The average Bonchev–Trinajstić information content (AvgIpc) is 2.84. The first-order valence-electron chi connectivity index (χ1n) is 8.33. The highest BCUT2D eigenvalue weighted by atomic mass is 16.2. The molecule has 1 aliphatic rings. The molecule has 1 saturated carbocycles. The van der Waals surface area contributed by atoms with Gasteiger partial charge in [0.1, 0.15) is 0 Å². The highest BCUT2D eigenvalue weighted by Crippen LogP contribution is 2.27. The Bertz CT molecular complexity index is 1040. The Morgan fingerprint density at radius 2 is 1.96 bits per heavy atom. The Balaban J connectivity index is 1.87. The molecule has 0 unspecified atom stereocenters. The number of hydrogen-bond donors (Lipinski definition) is 0. The molecule has 0 aliphatic heterocycles. The lowest BCUT2D eigenvalue weighted by Gasteiger charge is -2.24. The minimum atomic E-state index is -0.268. The van der Waals surface area contributed by atoms with Crippen LogP contribution in [0.1, 0.15) is 30.4 Å². The molecule has 1 aliphatic carbocycles. The molecule has 1 fully saturated rings. The topological polar surface area (TPSA) is 61.3 Å². The predicted molar refractivity (Wildman–Crippen MR) is 91.9 cm³/mol. The summed E-state index contributed by atoms with van der Waals surface area (Å²) in [6.07, 6.45) is 6.76. The molecule has 0 N–H and O–H groups in total. The summed E-state index contributed by atoms with van der Waals surface area (Å²) in [4.78, 5) is 25.3. The van der Waals surface area contributed by atoms with E-state index < -0.39 is 0 Å². The van der Waals surface area contributed by atoms with Crippen LogP contribution >= 0.6 is 0 Å². The van der Waals surface area contributed by atoms with Crippen LogP contribution in [0.3, 0.4) is 0 Å². The molecule has 2 heterocycles. The maximum Gasteiger partial charge on any atom is 0.350 e. The van der Waals surface area contributed by atoms with Crippen LogP contribution in [0.4, 0.5) is 0 Å². The quantitative estimate of drug-likeness (QED) is 0.741. The van der Waals surface area contributed by atoms with Crippen molar-refractivity contribution in [2.24, 2.45) is 5.92 Å². The van der Waals surface area contributed by atoms with E-state index in [0.29, 0.717) is 12.5 Å². The van der Waals surface area contributed by atoms with Crippen molar-refractivity contribution in [3.8, 4) is 5.69 Å². The van der Waals surface area contributed by atoms with E-state index in [1.807, 2.05) is 32.0 Å². The monoisotopic (exact) mass is 324 g/mol. The Labute approximate surface area is 139 Å². The molecule has 0 amide bonds. The Hall–Kier alpha value is -2.63. The standard InChI is InChI=1S/C18H20N4O2/c1-12-6-7-13(2)15(10-12)20-8-9-21-16(17(20)23)19-22(18(21)24)11-14-4-3-5-14/h6-10,14H,3-5,11H2,1-2H3. The van der Waals surface area contributed by atoms with E-state index in [4.69, 9.17) is 0 Å². The van der Waals surface area contributed by atoms with E-state index >= 15 is 0 Å². The van der Waals surface area contributed by atoms with Gasteiger partial charge in [-0.2, -0.15) is 0 Å². The van der Waals surface area contributed by atoms with Crippen LogP contribution in [0.2, 0.25) is 0 Å². The molecule has 0 bridgehead atoms. The second kappa shape index (κ2) is 5.47. The summed E-state index contributed by atoms with van der Waals surface area (Å²) in [5.41, 5.74) is 2.59. The van der Waals surface area contributed by atoms with Gasteiger partial charge in [0.25, 0.3) is 0 Å². The van der Waals surface area contributed by atoms with Crippen molar-refractivity contribution < 1.29 is 0 Å². The van der Waals surface area contributed by atoms with Crippen LogP contribution in [0, 0.1) is 19.8 Å². The Kier molecular flexibility index (Phi) is 3.40. The van der Waals surface area contributed by atoms with Crippen LogP contribution in [0.25, 0.3) is 11.3 Å². The van der Waals surface area contributed by atoms with Gasteiger partial charge in [0.2, 0.25) is 5.65 Å². The summed E-state index contributed by atoms with van der Waals surface area (Å²) in [7, 11) is 0. The minimum Gasteiger partial charge on any atom is -0.279 e. The number of fused-ring (bicyclic) bond motifs is 1. The third kappa shape index (κ3) is 2.29. The number of nitrogens with zero attached hydrogens (tertiary/aromatic N) is 4. The zero-order valence-corrected chi connectivity index (χ0v) is 13.9. The molecule has 0 atom stereocenters. The molecule has 0 spiro atoms. The van der Waals surface area contributed by atoms with Gasteiger partial charge in [-0.15, -0.1) is 5.10 Å². The molecule has 3 aromatic rings. The van der Waals surface area contributed by atoms with Gasteiger partial charge in [0.15, 0.2) is 0 Å². The minimum absolute atomic E-state index is 0.183. The van der Waals surface area contributed by atoms with Crippen LogP contribution < -0.4 is 11.2 Å². The fraction of sp³-hybridized carbons (Fsp3) is 0.389. The molecular formula is C18H20N4O2. The van der Waals surface area contributed by atoms with Gasteiger partial charge in [0, 0.05) is 18.9 Å². The summed E-state index contributed by atoms with van der Waals surface area (Å²) in [5.74, 6) is 0.508. The molecule has 124 valence electrons.